The molecule has 3 heterocycles. The Hall–Kier alpha value is -2.22. The fourth-order valence-electron chi connectivity index (χ4n) is 2.66. The average Bonchev–Trinajstić information content (AvgIpc) is 3.16. The molecule has 1 fully saturated rings. The molecule has 8 heteroatoms. The van der Waals surface area contributed by atoms with Crippen molar-refractivity contribution >= 4 is 5.91 Å². The van der Waals surface area contributed by atoms with Gasteiger partial charge in [-0.25, -0.2) is 4.98 Å². The second kappa shape index (κ2) is 6.04. The minimum Gasteiger partial charge on any atom is -0.369 e. The number of aromatic nitrogens is 5. The van der Waals surface area contributed by atoms with E-state index in [0.717, 1.165) is 44.7 Å². The Kier molecular flexibility index (Phi) is 3.96. The van der Waals surface area contributed by atoms with E-state index in [0.29, 0.717) is 5.82 Å². The van der Waals surface area contributed by atoms with Crippen molar-refractivity contribution in [2.45, 2.75) is 19.4 Å². The summed E-state index contributed by atoms with van der Waals surface area (Å²) in [4.78, 5) is 20.7. The summed E-state index contributed by atoms with van der Waals surface area (Å²) in [6, 6.07) is 0. The van der Waals surface area contributed by atoms with Gasteiger partial charge in [-0.2, -0.15) is 0 Å². The molecule has 1 unspecified atom stereocenters. The number of imidazole rings is 1. The van der Waals surface area contributed by atoms with Crippen LogP contribution < -0.4 is 5.73 Å². The van der Waals surface area contributed by atoms with Crippen molar-refractivity contribution in [3.05, 3.63) is 18.6 Å². The van der Waals surface area contributed by atoms with Crippen LogP contribution in [-0.2, 0) is 11.3 Å². The number of primary amides is 1. The first-order valence-corrected chi connectivity index (χ1v) is 7.14. The maximum Gasteiger partial charge on any atom is 0.221 e. The molecule has 3 rings (SSSR count). The summed E-state index contributed by atoms with van der Waals surface area (Å²) in [5.41, 5.74) is 6.12. The van der Waals surface area contributed by atoms with E-state index in [9.17, 15) is 4.79 Å². The summed E-state index contributed by atoms with van der Waals surface area (Å²) >= 11 is 0. The highest BCUT2D eigenvalue weighted by molar-refractivity contribution is 5.76. The fourth-order valence-corrected chi connectivity index (χ4v) is 2.66. The van der Waals surface area contributed by atoms with E-state index in [1.165, 1.54) is 0 Å². The molecule has 112 valence electrons. The standard InChI is InChI=1S/C13H19N7O/c14-12(21)10-2-1-5-19(8-10)6-7-20-9-11(17-18-20)13-15-3-4-16-13/h3-4,9-10H,1-2,5-8H2,(H2,14,21)(H,15,16). The molecule has 21 heavy (non-hydrogen) atoms. The van der Waals surface area contributed by atoms with Gasteiger partial charge in [-0.3, -0.25) is 9.48 Å². The predicted octanol–water partition coefficient (Wildman–Crippen LogP) is -0.135. The molecule has 1 atom stereocenters. The van der Waals surface area contributed by atoms with E-state index >= 15 is 0 Å². The number of carbonyl (C=O) groups excluding carboxylic acids is 1. The normalized spacial score (nSPS) is 19.7. The minimum absolute atomic E-state index is 0.0202. The topological polar surface area (TPSA) is 106 Å². The smallest absolute Gasteiger partial charge is 0.221 e. The van der Waals surface area contributed by atoms with Crippen LogP contribution in [0.15, 0.2) is 18.6 Å². The number of piperidine rings is 1. The summed E-state index contributed by atoms with van der Waals surface area (Å²) in [7, 11) is 0. The number of hydrogen-bond acceptors (Lipinski definition) is 5. The highest BCUT2D eigenvalue weighted by Crippen LogP contribution is 2.16. The van der Waals surface area contributed by atoms with E-state index in [1.807, 2.05) is 6.20 Å². The molecular weight excluding hydrogens is 270 g/mol. The molecule has 0 radical (unpaired) electrons. The Morgan fingerprint density at radius 2 is 2.38 bits per heavy atom. The van der Waals surface area contributed by atoms with Gasteiger partial charge in [-0.05, 0) is 19.4 Å². The molecule has 1 aliphatic heterocycles. The van der Waals surface area contributed by atoms with Crippen LogP contribution in [0.3, 0.4) is 0 Å². The Bertz CT molecular complexity index is 591. The van der Waals surface area contributed by atoms with Crippen LogP contribution in [0.25, 0.3) is 11.5 Å². The quantitative estimate of drug-likeness (QED) is 0.797. The molecule has 0 saturated carbocycles. The number of amides is 1. The SMILES string of the molecule is NC(=O)C1CCCN(CCn2cc(-c3ncc[nH]3)nn2)C1. The summed E-state index contributed by atoms with van der Waals surface area (Å²) < 4.78 is 1.80. The molecular formula is C13H19N7O. The van der Waals surface area contributed by atoms with E-state index < -0.39 is 0 Å². The number of nitrogens with one attached hydrogen (secondary N) is 1. The van der Waals surface area contributed by atoms with E-state index in [4.69, 9.17) is 5.73 Å². The van der Waals surface area contributed by atoms with Crippen LogP contribution in [-0.4, -0.2) is 55.4 Å². The molecule has 0 spiro atoms. The summed E-state index contributed by atoms with van der Waals surface area (Å²) in [6.45, 7) is 3.32. The van der Waals surface area contributed by atoms with Crippen molar-refractivity contribution in [3.8, 4) is 11.5 Å². The van der Waals surface area contributed by atoms with Crippen molar-refractivity contribution in [3.63, 3.8) is 0 Å². The van der Waals surface area contributed by atoms with Crippen molar-refractivity contribution < 1.29 is 4.79 Å². The lowest BCUT2D eigenvalue weighted by atomic mass is 9.97. The molecule has 2 aromatic heterocycles. The summed E-state index contributed by atoms with van der Waals surface area (Å²) in [6.07, 6.45) is 7.23. The third kappa shape index (κ3) is 3.27. The highest BCUT2D eigenvalue weighted by Gasteiger charge is 2.23. The van der Waals surface area contributed by atoms with E-state index in [1.54, 1.807) is 17.1 Å². The number of rotatable bonds is 5. The Balaban J connectivity index is 1.54. The van der Waals surface area contributed by atoms with Gasteiger partial charge >= 0.3 is 0 Å². The van der Waals surface area contributed by atoms with Gasteiger partial charge in [0, 0.05) is 25.5 Å². The van der Waals surface area contributed by atoms with Gasteiger partial charge in [0.2, 0.25) is 5.91 Å². The first-order valence-electron chi connectivity index (χ1n) is 7.14. The second-order valence-electron chi connectivity index (χ2n) is 5.35. The maximum atomic E-state index is 11.3. The average molecular weight is 289 g/mol. The first kappa shape index (κ1) is 13.7. The lowest BCUT2D eigenvalue weighted by molar-refractivity contribution is -0.123. The molecule has 0 bridgehead atoms. The van der Waals surface area contributed by atoms with Crippen molar-refractivity contribution in [2.24, 2.45) is 11.7 Å². The van der Waals surface area contributed by atoms with Crippen LogP contribution in [0, 0.1) is 5.92 Å². The number of H-pyrrole nitrogens is 1. The van der Waals surface area contributed by atoms with Gasteiger partial charge in [0.05, 0.1) is 18.7 Å². The number of nitrogens with zero attached hydrogens (tertiary/aromatic N) is 5. The number of nitrogens with two attached hydrogens (primary N) is 1. The van der Waals surface area contributed by atoms with E-state index in [2.05, 4.69) is 25.2 Å². The zero-order valence-electron chi connectivity index (χ0n) is 11.8. The summed E-state index contributed by atoms with van der Waals surface area (Å²) in [5.74, 6) is 0.502. The van der Waals surface area contributed by atoms with Gasteiger partial charge in [0.25, 0.3) is 0 Å². The minimum atomic E-state index is -0.194. The molecule has 0 aromatic carbocycles. The maximum absolute atomic E-state index is 11.3. The molecule has 1 aliphatic rings. The largest absolute Gasteiger partial charge is 0.369 e. The van der Waals surface area contributed by atoms with Crippen LogP contribution in [0.4, 0.5) is 0 Å². The van der Waals surface area contributed by atoms with Crippen molar-refractivity contribution in [1.82, 2.24) is 29.9 Å². The summed E-state index contributed by atoms with van der Waals surface area (Å²) in [5, 5.41) is 8.19. The highest BCUT2D eigenvalue weighted by atomic mass is 16.1. The lowest BCUT2D eigenvalue weighted by Gasteiger charge is -2.30. The Morgan fingerprint density at radius 3 is 3.14 bits per heavy atom. The van der Waals surface area contributed by atoms with Crippen LogP contribution in [0.1, 0.15) is 12.8 Å². The van der Waals surface area contributed by atoms with Crippen LogP contribution in [0.5, 0.6) is 0 Å². The Labute approximate surface area is 122 Å². The molecule has 2 aromatic rings. The zero-order valence-corrected chi connectivity index (χ0v) is 11.8. The van der Waals surface area contributed by atoms with E-state index in [-0.39, 0.29) is 11.8 Å². The Morgan fingerprint density at radius 1 is 1.48 bits per heavy atom. The van der Waals surface area contributed by atoms with Gasteiger partial charge < -0.3 is 15.6 Å². The number of hydrogen-bond donors (Lipinski definition) is 2. The second-order valence-corrected chi connectivity index (χ2v) is 5.35. The molecule has 0 aliphatic carbocycles. The lowest BCUT2D eigenvalue weighted by Crippen LogP contribution is -2.42. The van der Waals surface area contributed by atoms with Crippen LogP contribution >= 0.6 is 0 Å². The first-order chi connectivity index (χ1) is 10.2. The zero-order chi connectivity index (χ0) is 14.7. The van der Waals surface area contributed by atoms with Crippen molar-refractivity contribution in [2.75, 3.05) is 19.6 Å². The van der Waals surface area contributed by atoms with Crippen molar-refractivity contribution in [1.29, 1.82) is 0 Å². The third-order valence-electron chi connectivity index (χ3n) is 3.83. The van der Waals surface area contributed by atoms with Gasteiger partial charge in [-0.1, -0.05) is 5.21 Å². The number of carbonyl (C=O) groups is 1. The number of likely N-dealkylation sites (tertiary alicyclic amines) is 1. The monoisotopic (exact) mass is 289 g/mol. The van der Waals surface area contributed by atoms with Gasteiger partial charge in [0.15, 0.2) is 5.82 Å². The predicted molar refractivity (Wildman–Crippen MR) is 76.0 cm³/mol. The van der Waals surface area contributed by atoms with Gasteiger partial charge in [0.1, 0.15) is 5.69 Å². The van der Waals surface area contributed by atoms with Gasteiger partial charge in [-0.15, -0.1) is 5.10 Å². The molecule has 1 amide bonds. The fraction of sp³-hybridized carbons (Fsp3) is 0.538. The molecule has 1 saturated heterocycles. The number of aromatic amines is 1. The van der Waals surface area contributed by atoms with Crippen LogP contribution in [0.2, 0.25) is 0 Å². The molecule has 8 nitrogen and oxygen atoms in total. The third-order valence-corrected chi connectivity index (χ3v) is 3.83. The molecule has 3 N–H and O–H groups in total.